The predicted molar refractivity (Wildman–Crippen MR) is 57.4 cm³/mol. The van der Waals surface area contributed by atoms with Gasteiger partial charge in [0.2, 0.25) is 0 Å². The number of rotatable bonds is 5. The van der Waals surface area contributed by atoms with Crippen LogP contribution in [0.2, 0.25) is 0 Å². The van der Waals surface area contributed by atoms with Gasteiger partial charge in [-0.05, 0) is 18.8 Å². The molecule has 0 spiro atoms. The van der Waals surface area contributed by atoms with E-state index in [1.54, 1.807) is 24.4 Å². The first-order valence-corrected chi connectivity index (χ1v) is 5.29. The Hall–Kier alpha value is -1.45. The fraction of sp³-hybridized carbons (Fsp3) is 0.417. The SMILES string of the molecule is FC(F)c1ccccc1CON=CC1CC1. The number of hydrogen-bond acceptors (Lipinski definition) is 2. The molecule has 0 aliphatic heterocycles. The van der Waals surface area contributed by atoms with Gasteiger partial charge < -0.3 is 4.84 Å². The van der Waals surface area contributed by atoms with Crippen molar-refractivity contribution in [1.82, 2.24) is 0 Å². The van der Waals surface area contributed by atoms with Gasteiger partial charge in [-0.15, -0.1) is 0 Å². The summed E-state index contributed by atoms with van der Waals surface area (Å²) in [7, 11) is 0. The Balaban J connectivity index is 1.91. The topological polar surface area (TPSA) is 21.6 Å². The van der Waals surface area contributed by atoms with Crippen molar-refractivity contribution in [2.45, 2.75) is 25.9 Å². The summed E-state index contributed by atoms with van der Waals surface area (Å²) >= 11 is 0. The van der Waals surface area contributed by atoms with Crippen LogP contribution in [0.1, 0.15) is 30.4 Å². The zero-order valence-corrected chi connectivity index (χ0v) is 8.77. The quantitative estimate of drug-likeness (QED) is 0.554. The second-order valence-electron chi connectivity index (χ2n) is 3.86. The van der Waals surface area contributed by atoms with Crippen molar-refractivity contribution >= 4 is 6.21 Å². The van der Waals surface area contributed by atoms with E-state index in [1.165, 1.54) is 6.07 Å². The molecule has 1 aromatic rings. The molecule has 0 radical (unpaired) electrons. The summed E-state index contributed by atoms with van der Waals surface area (Å²) in [6.45, 7) is 0.101. The van der Waals surface area contributed by atoms with Crippen LogP contribution in [0.15, 0.2) is 29.4 Å². The number of hydrogen-bond donors (Lipinski definition) is 0. The first kappa shape index (κ1) is 11.0. The fourth-order valence-electron chi connectivity index (χ4n) is 1.36. The third-order valence-corrected chi connectivity index (χ3v) is 2.48. The highest BCUT2D eigenvalue weighted by atomic mass is 19.3. The van der Waals surface area contributed by atoms with E-state index in [4.69, 9.17) is 4.84 Å². The van der Waals surface area contributed by atoms with E-state index in [0.29, 0.717) is 11.5 Å². The van der Waals surface area contributed by atoms with Crippen molar-refractivity contribution in [2.24, 2.45) is 11.1 Å². The van der Waals surface area contributed by atoms with Gasteiger partial charge in [-0.1, -0.05) is 29.4 Å². The Kier molecular flexibility index (Phi) is 3.49. The van der Waals surface area contributed by atoms with E-state index in [-0.39, 0.29) is 12.2 Å². The highest BCUT2D eigenvalue weighted by molar-refractivity contribution is 5.62. The molecule has 0 saturated heterocycles. The van der Waals surface area contributed by atoms with Crippen LogP contribution in [0, 0.1) is 5.92 Å². The summed E-state index contributed by atoms with van der Waals surface area (Å²) in [5.41, 5.74) is 0.509. The molecule has 0 atom stereocenters. The Bertz CT molecular complexity index is 375. The molecular weight excluding hydrogens is 212 g/mol. The van der Waals surface area contributed by atoms with Gasteiger partial charge in [0.1, 0.15) is 6.61 Å². The van der Waals surface area contributed by atoms with Gasteiger partial charge in [-0.25, -0.2) is 8.78 Å². The molecular formula is C12H13F2NO. The molecule has 2 rings (SSSR count). The van der Waals surface area contributed by atoms with Crippen LogP contribution < -0.4 is 0 Å². The van der Waals surface area contributed by atoms with Gasteiger partial charge in [0.25, 0.3) is 6.43 Å². The molecule has 0 amide bonds. The molecule has 0 aromatic heterocycles. The summed E-state index contributed by atoms with van der Waals surface area (Å²) in [4.78, 5) is 5.00. The van der Waals surface area contributed by atoms with E-state index in [2.05, 4.69) is 5.16 Å². The molecule has 1 aliphatic carbocycles. The molecule has 2 nitrogen and oxygen atoms in total. The maximum absolute atomic E-state index is 12.6. The summed E-state index contributed by atoms with van der Waals surface area (Å²) in [6.07, 6.45) is 1.58. The zero-order valence-electron chi connectivity index (χ0n) is 8.77. The van der Waals surface area contributed by atoms with Gasteiger partial charge in [-0.3, -0.25) is 0 Å². The molecule has 86 valence electrons. The van der Waals surface area contributed by atoms with Crippen LogP contribution in [0.3, 0.4) is 0 Å². The predicted octanol–water partition coefficient (Wildman–Crippen LogP) is 3.54. The summed E-state index contributed by atoms with van der Waals surface area (Å²) < 4.78 is 25.2. The minimum absolute atomic E-state index is 0.0177. The Morgan fingerprint density at radius 3 is 2.81 bits per heavy atom. The second kappa shape index (κ2) is 5.05. The number of nitrogens with zero attached hydrogens (tertiary/aromatic N) is 1. The van der Waals surface area contributed by atoms with Gasteiger partial charge >= 0.3 is 0 Å². The lowest BCUT2D eigenvalue weighted by Gasteiger charge is -2.06. The molecule has 1 saturated carbocycles. The van der Waals surface area contributed by atoms with E-state index < -0.39 is 6.43 Å². The van der Waals surface area contributed by atoms with Crippen molar-refractivity contribution in [3.05, 3.63) is 35.4 Å². The van der Waals surface area contributed by atoms with Crippen molar-refractivity contribution in [2.75, 3.05) is 0 Å². The smallest absolute Gasteiger partial charge is 0.264 e. The fourth-order valence-corrected chi connectivity index (χ4v) is 1.36. The molecule has 0 N–H and O–H groups in total. The number of halogens is 2. The van der Waals surface area contributed by atoms with Gasteiger partial charge in [0, 0.05) is 17.3 Å². The average molecular weight is 225 g/mol. The summed E-state index contributed by atoms with van der Waals surface area (Å²) in [5, 5.41) is 3.76. The normalized spacial score (nSPS) is 15.9. The molecule has 16 heavy (non-hydrogen) atoms. The first-order chi connectivity index (χ1) is 7.77. The number of alkyl halides is 2. The van der Waals surface area contributed by atoms with Crippen LogP contribution in [0.5, 0.6) is 0 Å². The van der Waals surface area contributed by atoms with Crippen LogP contribution in [0.4, 0.5) is 8.78 Å². The lowest BCUT2D eigenvalue weighted by atomic mass is 10.1. The summed E-state index contributed by atoms with van der Waals surface area (Å²) in [5.74, 6) is 0.533. The van der Waals surface area contributed by atoms with Crippen molar-refractivity contribution in [3.8, 4) is 0 Å². The third-order valence-electron chi connectivity index (χ3n) is 2.48. The Morgan fingerprint density at radius 2 is 2.12 bits per heavy atom. The molecule has 4 heteroatoms. The molecule has 1 fully saturated rings. The van der Waals surface area contributed by atoms with E-state index in [0.717, 1.165) is 12.8 Å². The maximum atomic E-state index is 12.6. The minimum atomic E-state index is -2.47. The summed E-state index contributed by atoms with van der Waals surface area (Å²) in [6, 6.07) is 6.36. The third kappa shape index (κ3) is 3.02. The first-order valence-electron chi connectivity index (χ1n) is 5.29. The minimum Gasteiger partial charge on any atom is -0.391 e. The molecule has 0 bridgehead atoms. The highest BCUT2D eigenvalue weighted by Gasteiger charge is 2.18. The average Bonchev–Trinajstić information content (AvgIpc) is 3.08. The Labute approximate surface area is 92.9 Å². The van der Waals surface area contributed by atoms with Gasteiger partial charge in [0.15, 0.2) is 0 Å². The molecule has 1 aliphatic rings. The van der Waals surface area contributed by atoms with Crippen LogP contribution in [-0.4, -0.2) is 6.21 Å². The van der Waals surface area contributed by atoms with Crippen molar-refractivity contribution in [3.63, 3.8) is 0 Å². The largest absolute Gasteiger partial charge is 0.391 e. The van der Waals surface area contributed by atoms with Crippen LogP contribution in [-0.2, 0) is 11.4 Å². The lowest BCUT2D eigenvalue weighted by Crippen LogP contribution is -1.95. The van der Waals surface area contributed by atoms with Crippen molar-refractivity contribution < 1.29 is 13.6 Å². The van der Waals surface area contributed by atoms with Crippen LogP contribution >= 0.6 is 0 Å². The van der Waals surface area contributed by atoms with Crippen LogP contribution in [0.25, 0.3) is 0 Å². The monoisotopic (exact) mass is 225 g/mol. The van der Waals surface area contributed by atoms with Gasteiger partial charge in [-0.2, -0.15) is 0 Å². The zero-order chi connectivity index (χ0) is 11.4. The molecule has 1 aromatic carbocycles. The van der Waals surface area contributed by atoms with E-state index in [1.807, 2.05) is 0 Å². The molecule has 0 heterocycles. The maximum Gasteiger partial charge on any atom is 0.264 e. The standard InChI is InChI=1S/C12H13F2NO/c13-12(14)11-4-2-1-3-10(11)8-16-15-7-9-5-6-9/h1-4,7,9,12H,5-6,8H2. The van der Waals surface area contributed by atoms with Crippen molar-refractivity contribution in [1.29, 1.82) is 0 Å². The lowest BCUT2D eigenvalue weighted by molar-refractivity contribution is 0.119. The number of benzene rings is 1. The number of oxime groups is 1. The Morgan fingerprint density at radius 1 is 1.38 bits per heavy atom. The molecule has 0 unspecified atom stereocenters. The van der Waals surface area contributed by atoms with Gasteiger partial charge in [0.05, 0.1) is 0 Å². The second-order valence-corrected chi connectivity index (χ2v) is 3.86. The van der Waals surface area contributed by atoms with E-state index in [9.17, 15) is 8.78 Å². The van der Waals surface area contributed by atoms with E-state index >= 15 is 0 Å². The highest BCUT2D eigenvalue weighted by Crippen LogP contribution is 2.26.